The van der Waals surface area contributed by atoms with Crippen molar-refractivity contribution in [2.75, 3.05) is 5.32 Å². The molecule has 13 heteroatoms. The van der Waals surface area contributed by atoms with Gasteiger partial charge in [0, 0.05) is 24.9 Å². The van der Waals surface area contributed by atoms with Crippen LogP contribution in [0.5, 0.6) is 0 Å². The van der Waals surface area contributed by atoms with Gasteiger partial charge in [-0.2, -0.15) is 23.4 Å². The highest BCUT2D eigenvalue weighted by molar-refractivity contribution is 6.05. The summed E-state index contributed by atoms with van der Waals surface area (Å²) in [6.07, 6.45) is -6.85. The summed E-state index contributed by atoms with van der Waals surface area (Å²) in [5.74, 6) is -3.71. The summed E-state index contributed by atoms with van der Waals surface area (Å²) in [5.41, 5.74) is -5.12. The topological polar surface area (TPSA) is 64.7 Å². The molecule has 0 unspecified atom stereocenters. The van der Waals surface area contributed by atoms with E-state index in [1.165, 1.54) is 14.0 Å². The van der Waals surface area contributed by atoms with Gasteiger partial charge >= 0.3 is 6.18 Å². The number of nitrogens with zero attached hydrogens (tertiary/aromatic N) is 4. The van der Waals surface area contributed by atoms with Gasteiger partial charge in [0.15, 0.2) is 11.5 Å². The lowest BCUT2D eigenvalue weighted by atomic mass is 10.1. The van der Waals surface area contributed by atoms with Gasteiger partial charge in [0.25, 0.3) is 12.3 Å². The summed E-state index contributed by atoms with van der Waals surface area (Å²) < 4.78 is 97.0. The van der Waals surface area contributed by atoms with Gasteiger partial charge in [0.2, 0.25) is 0 Å². The van der Waals surface area contributed by atoms with Crippen molar-refractivity contribution in [1.29, 1.82) is 0 Å². The number of aryl methyl sites for hydroxylation is 1. The Morgan fingerprint density at radius 2 is 1.84 bits per heavy atom. The number of allylic oxidation sites excluding steroid dienone is 1. The fraction of sp³-hybridized carbons (Fsp3) is 0.211. The fourth-order valence-corrected chi connectivity index (χ4v) is 3.02. The monoisotopic (exact) mass is 461 g/mol. The molecule has 32 heavy (non-hydrogen) atoms. The smallest absolute Gasteiger partial charge is 0.319 e. The van der Waals surface area contributed by atoms with Crippen LogP contribution in [0.3, 0.4) is 0 Å². The van der Waals surface area contributed by atoms with Gasteiger partial charge in [0.1, 0.15) is 17.2 Å². The van der Waals surface area contributed by atoms with Crippen molar-refractivity contribution in [3.8, 4) is 5.69 Å². The minimum Gasteiger partial charge on any atom is -0.319 e. The Hall–Kier alpha value is -3.64. The van der Waals surface area contributed by atoms with Crippen LogP contribution in [0.2, 0.25) is 0 Å². The molecule has 6 nitrogen and oxygen atoms in total. The number of nitrogens with one attached hydrogen (secondary N) is 1. The van der Waals surface area contributed by atoms with Gasteiger partial charge in [0.05, 0.1) is 17.4 Å². The molecule has 3 rings (SSSR count). The average Bonchev–Trinajstić information content (AvgIpc) is 3.24. The van der Waals surface area contributed by atoms with Crippen molar-refractivity contribution in [2.45, 2.75) is 19.5 Å². The first-order valence-corrected chi connectivity index (χ1v) is 8.74. The van der Waals surface area contributed by atoms with E-state index in [2.05, 4.69) is 16.8 Å². The van der Waals surface area contributed by atoms with E-state index in [-0.39, 0.29) is 15.8 Å². The van der Waals surface area contributed by atoms with E-state index in [1.54, 1.807) is 0 Å². The highest BCUT2D eigenvalue weighted by atomic mass is 19.4. The van der Waals surface area contributed by atoms with Gasteiger partial charge in [-0.1, -0.05) is 6.58 Å². The molecule has 3 aromatic rings. The molecule has 1 N–H and O–H groups in total. The first kappa shape index (κ1) is 23.0. The molecule has 0 saturated heterocycles. The largest absolute Gasteiger partial charge is 0.435 e. The van der Waals surface area contributed by atoms with Crippen molar-refractivity contribution < 1.29 is 35.5 Å². The normalized spacial score (nSPS) is 11.8. The molecule has 0 atom stereocenters. The number of halogens is 7. The molecule has 170 valence electrons. The number of rotatable bonds is 5. The average molecular weight is 461 g/mol. The predicted octanol–water partition coefficient (Wildman–Crippen LogP) is 5.13. The second-order valence-corrected chi connectivity index (χ2v) is 6.74. The summed E-state index contributed by atoms with van der Waals surface area (Å²) in [7, 11) is 1.25. The molecule has 0 aliphatic rings. The molecule has 0 aliphatic carbocycles. The maximum Gasteiger partial charge on any atom is 0.435 e. The highest BCUT2D eigenvalue weighted by Crippen LogP contribution is 2.38. The zero-order valence-corrected chi connectivity index (χ0v) is 16.4. The Morgan fingerprint density at radius 3 is 2.41 bits per heavy atom. The number of hydrogen-bond acceptors (Lipinski definition) is 3. The summed E-state index contributed by atoms with van der Waals surface area (Å²) in [5, 5.41) is 8.78. The van der Waals surface area contributed by atoms with Crippen LogP contribution < -0.4 is 5.32 Å². The Morgan fingerprint density at radius 1 is 1.19 bits per heavy atom. The molecule has 0 spiro atoms. The van der Waals surface area contributed by atoms with E-state index in [1.807, 2.05) is 5.32 Å². The van der Waals surface area contributed by atoms with Crippen LogP contribution >= 0.6 is 0 Å². The molecule has 2 aromatic heterocycles. The summed E-state index contributed by atoms with van der Waals surface area (Å²) >= 11 is 0. The third kappa shape index (κ3) is 4.22. The Kier molecular flexibility index (Phi) is 5.85. The molecular weight excluding hydrogens is 447 g/mol. The van der Waals surface area contributed by atoms with E-state index in [0.29, 0.717) is 12.3 Å². The SMILES string of the molecule is C=C(C)c1cc(F)cc(F)c1-n1ncc(NC(=O)c2cn(C)nc2C(F)F)c1C(F)(F)F. The third-order valence-corrected chi connectivity index (χ3v) is 4.29. The van der Waals surface area contributed by atoms with Crippen LogP contribution in [0.15, 0.2) is 31.1 Å². The Labute approximate surface area is 175 Å². The van der Waals surface area contributed by atoms with Gasteiger partial charge in [-0.05, 0) is 18.6 Å². The fourth-order valence-electron chi connectivity index (χ4n) is 3.02. The molecule has 0 bridgehead atoms. The number of benzene rings is 1. The zero-order chi connectivity index (χ0) is 24.0. The molecule has 0 aliphatic heterocycles. The van der Waals surface area contributed by atoms with Crippen molar-refractivity contribution in [3.05, 3.63) is 65.3 Å². The molecule has 1 aromatic carbocycles. The number of aromatic nitrogens is 4. The summed E-state index contributed by atoms with van der Waals surface area (Å²) in [6, 6.07) is 1.15. The van der Waals surface area contributed by atoms with E-state index in [9.17, 15) is 35.5 Å². The zero-order valence-electron chi connectivity index (χ0n) is 16.4. The second-order valence-electron chi connectivity index (χ2n) is 6.74. The molecule has 0 saturated carbocycles. The van der Waals surface area contributed by atoms with Crippen LogP contribution in [0.1, 0.15) is 40.7 Å². The number of carbonyl (C=O) groups is 1. The van der Waals surface area contributed by atoms with Crippen LogP contribution in [0.4, 0.5) is 36.4 Å². The first-order valence-electron chi connectivity index (χ1n) is 8.74. The first-order chi connectivity index (χ1) is 14.8. The van der Waals surface area contributed by atoms with Crippen LogP contribution in [-0.2, 0) is 13.2 Å². The standard InChI is InChI=1S/C19H14F7N5O/c1-8(2)10-4-9(20)5-12(21)15(10)31-16(19(24,25)26)13(6-27-31)28-18(32)11-7-30(3)29-14(11)17(22)23/h4-7,17H,1H2,2-3H3,(H,28,32). The summed E-state index contributed by atoms with van der Waals surface area (Å²) in [4.78, 5) is 12.4. The van der Waals surface area contributed by atoms with Crippen LogP contribution in [-0.4, -0.2) is 25.5 Å². The van der Waals surface area contributed by atoms with Gasteiger partial charge in [-0.15, -0.1) is 0 Å². The lowest BCUT2D eigenvalue weighted by Crippen LogP contribution is -2.20. The number of alkyl halides is 5. The van der Waals surface area contributed by atoms with Gasteiger partial charge < -0.3 is 5.32 Å². The maximum atomic E-state index is 14.5. The molecule has 2 heterocycles. The van der Waals surface area contributed by atoms with E-state index >= 15 is 0 Å². The van der Waals surface area contributed by atoms with Crippen molar-refractivity contribution in [3.63, 3.8) is 0 Å². The number of amides is 1. The Bertz CT molecular complexity index is 1210. The number of carbonyl (C=O) groups excluding carboxylic acids is 1. The quantitative estimate of drug-likeness (QED) is 0.536. The second kappa shape index (κ2) is 8.13. The third-order valence-electron chi connectivity index (χ3n) is 4.29. The van der Waals surface area contributed by atoms with E-state index in [4.69, 9.17) is 0 Å². The van der Waals surface area contributed by atoms with Crippen molar-refractivity contribution in [1.82, 2.24) is 19.6 Å². The minimum atomic E-state index is -5.17. The van der Waals surface area contributed by atoms with Crippen LogP contribution in [0, 0.1) is 11.6 Å². The number of hydrogen-bond donors (Lipinski definition) is 1. The predicted molar refractivity (Wildman–Crippen MR) is 99.3 cm³/mol. The molecular formula is C19H14F7N5O. The van der Waals surface area contributed by atoms with E-state index < -0.39 is 58.5 Å². The van der Waals surface area contributed by atoms with Crippen LogP contribution in [0.25, 0.3) is 11.3 Å². The minimum absolute atomic E-state index is 0.0459. The molecule has 0 radical (unpaired) electrons. The van der Waals surface area contributed by atoms with Crippen molar-refractivity contribution in [2.24, 2.45) is 7.05 Å². The summed E-state index contributed by atoms with van der Waals surface area (Å²) in [6.45, 7) is 4.83. The lowest BCUT2D eigenvalue weighted by Gasteiger charge is -2.16. The van der Waals surface area contributed by atoms with Crippen molar-refractivity contribution >= 4 is 17.2 Å². The number of anilines is 1. The highest BCUT2D eigenvalue weighted by Gasteiger charge is 2.40. The molecule has 1 amide bonds. The Balaban J connectivity index is 2.15. The molecule has 0 fully saturated rings. The van der Waals surface area contributed by atoms with Gasteiger partial charge in [-0.25, -0.2) is 22.2 Å². The van der Waals surface area contributed by atoms with E-state index in [0.717, 1.165) is 16.9 Å². The maximum absolute atomic E-state index is 14.5. The lowest BCUT2D eigenvalue weighted by molar-refractivity contribution is -0.142. The van der Waals surface area contributed by atoms with Gasteiger partial charge in [-0.3, -0.25) is 9.48 Å².